The summed E-state index contributed by atoms with van der Waals surface area (Å²) in [6.45, 7) is -0.599. The second-order valence-corrected chi connectivity index (χ2v) is 3.58. The highest BCUT2D eigenvalue weighted by molar-refractivity contribution is 6.32. The highest BCUT2D eigenvalue weighted by Gasteiger charge is 2.16. The molecule has 0 fully saturated rings. The lowest BCUT2D eigenvalue weighted by Gasteiger charge is -2.02. The fourth-order valence-electron chi connectivity index (χ4n) is 1.22. The van der Waals surface area contributed by atoms with Crippen molar-refractivity contribution in [3.05, 3.63) is 50.5 Å². The SMILES string of the molecule is COC(=O)/C(=C/c1ccccc1Cl)C[N+](=O)[O-]. The predicted octanol–water partition coefficient (Wildman–Crippen LogP) is 2.17. The summed E-state index contributed by atoms with van der Waals surface area (Å²) in [6.07, 6.45) is 1.36. The molecule has 0 spiro atoms. The van der Waals surface area contributed by atoms with Crippen LogP contribution in [0, 0.1) is 10.1 Å². The molecule has 5 nitrogen and oxygen atoms in total. The fourth-order valence-corrected chi connectivity index (χ4v) is 1.41. The van der Waals surface area contributed by atoms with Crippen LogP contribution in [0.4, 0.5) is 0 Å². The number of hydrogen-bond donors (Lipinski definition) is 0. The van der Waals surface area contributed by atoms with Crippen LogP contribution >= 0.6 is 11.6 Å². The van der Waals surface area contributed by atoms with Crippen LogP contribution in [0.1, 0.15) is 5.56 Å². The monoisotopic (exact) mass is 255 g/mol. The van der Waals surface area contributed by atoms with Crippen LogP contribution in [0.5, 0.6) is 0 Å². The summed E-state index contributed by atoms with van der Waals surface area (Å²) >= 11 is 5.89. The lowest BCUT2D eigenvalue weighted by molar-refractivity contribution is -0.470. The molecule has 0 aromatic heterocycles. The van der Waals surface area contributed by atoms with E-state index in [9.17, 15) is 14.9 Å². The van der Waals surface area contributed by atoms with Gasteiger partial charge in [0.25, 0.3) is 0 Å². The summed E-state index contributed by atoms with van der Waals surface area (Å²) in [5, 5.41) is 10.8. The van der Waals surface area contributed by atoms with Gasteiger partial charge in [-0.05, 0) is 17.7 Å². The quantitative estimate of drug-likeness (QED) is 0.358. The van der Waals surface area contributed by atoms with E-state index in [0.717, 1.165) is 0 Å². The van der Waals surface area contributed by atoms with Crippen molar-refractivity contribution in [2.24, 2.45) is 0 Å². The van der Waals surface area contributed by atoms with Gasteiger partial charge in [-0.25, -0.2) is 4.79 Å². The maximum atomic E-state index is 11.3. The van der Waals surface area contributed by atoms with Gasteiger partial charge in [-0.2, -0.15) is 0 Å². The molecule has 0 aliphatic rings. The van der Waals surface area contributed by atoms with Crippen LogP contribution in [0.3, 0.4) is 0 Å². The number of carbonyl (C=O) groups excluding carboxylic acids is 1. The minimum atomic E-state index is -0.735. The number of nitro groups is 1. The predicted molar refractivity (Wildman–Crippen MR) is 63.3 cm³/mol. The first-order valence-electron chi connectivity index (χ1n) is 4.70. The molecule has 0 radical (unpaired) electrons. The van der Waals surface area contributed by atoms with Gasteiger partial charge in [0.05, 0.1) is 7.11 Å². The van der Waals surface area contributed by atoms with E-state index in [2.05, 4.69) is 4.74 Å². The molecule has 17 heavy (non-hydrogen) atoms. The second kappa shape index (κ2) is 6.00. The Kier molecular flexibility index (Phi) is 4.66. The largest absolute Gasteiger partial charge is 0.465 e. The van der Waals surface area contributed by atoms with Crippen molar-refractivity contribution >= 4 is 23.6 Å². The van der Waals surface area contributed by atoms with Crippen LogP contribution in [-0.2, 0) is 9.53 Å². The van der Waals surface area contributed by atoms with Crippen LogP contribution in [0.15, 0.2) is 29.8 Å². The molecule has 6 heteroatoms. The van der Waals surface area contributed by atoms with E-state index >= 15 is 0 Å². The first-order chi connectivity index (χ1) is 8.04. The number of benzene rings is 1. The van der Waals surface area contributed by atoms with Crippen LogP contribution in [0.25, 0.3) is 6.08 Å². The molecular weight excluding hydrogens is 246 g/mol. The number of carbonyl (C=O) groups is 1. The molecule has 0 saturated carbocycles. The van der Waals surface area contributed by atoms with Crippen molar-refractivity contribution in [3.63, 3.8) is 0 Å². The summed E-state index contributed by atoms with van der Waals surface area (Å²) < 4.78 is 4.47. The van der Waals surface area contributed by atoms with E-state index in [4.69, 9.17) is 11.6 Å². The topological polar surface area (TPSA) is 69.4 Å². The maximum Gasteiger partial charge on any atom is 0.340 e. The summed E-state index contributed by atoms with van der Waals surface area (Å²) in [5.41, 5.74) is 0.488. The molecule has 0 saturated heterocycles. The standard InChI is InChI=1S/C11H10ClNO4/c1-17-11(14)9(7-13(15)16)6-8-4-2-3-5-10(8)12/h2-6H,7H2,1H3/b9-6+. The Labute approximate surface area is 103 Å². The fraction of sp³-hybridized carbons (Fsp3) is 0.182. The average molecular weight is 256 g/mol. The average Bonchev–Trinajstić information content (AvgIpc) is 2.29. The molecule has 0 aliphatic heterocycles. The summed E-state index contributed by atoms with van der Waals surface area (Å²) in [6, 6.07) is 6.74. The molecule has 0 aliphatic carbocycles. The molecule has 0 bridgehead atoms. The molecule has 1 rings (SSSR count). The van der Waals surface area contributed by atoms with Crippen molar-refractivity contribution in [1.29, 1.82) is 0 Å². The summed E-state index contributed by atoms with van der Waals surface area (Å²) in [7, 11) is 1.17. The van der Waals surface area contributed by atoms with Gasteiger partial charge in [0, 0.05) is 9.95 Å². The molecule has 1 aromatic carbocycles. The second-order valence-electron chi connectivity index (χ2n) is 3.17. The highest BCUT2D eigenvalue weighted by Crippen LogP contribution is 2.18. The Morgan fingerprint density at radius 2 is 2.18 bits per heavy atom. The third-order valence-corrected chi connectivity index (χ3v) is 2.33. The van der Waals surface area contributed by atoms with Crippen molar-refractivity contribution in [1.82, 2.24) is 0 Å². The Hall–Kier alpha value is -1.88. The number of halogens is 1. The van der Waals surface area contributed by atoms with Crippen LogP contribution < -0.4 is 0 Å². The first-order valence-corrected chi connectivity index (χ1v) is 5.07. The third kappa shape index (κ3) is 3.88. The molecule has 90 valence electrons. The minimum absolute atomic E-state index is 0.0504. The van der Waals surface area contributed by atoms with Gasteiger partial charge in [0.2, 0.25) is 6.54 Å². The zero-order valence-electron chi connectivity index (χ0n) is 9.05. The van der Waals surface area contributed by atoms with E-state index < -0.39 is 17.4 Å². The number of hydrogen-bond acceptors (Lipinski definition) is 4. The van der Waals surface area contributed by atoms with E-state index in [0.29, 0.717) is 10.6 Å². The van der Waals surface area contributed by atoms with E-state index in [1.165, 1.54) is 13.2 Å². The smallest absolute Gasteiger partial charge is 0.340 e. The van der Waals surface area contributed by atoms with Gasteiger partial charge in [-0.1, -0.05) is 29.8 Å². The van der Waals surface area contributed by atoms with E-state index in [1.807, 2.05) is 0 Å². The molecule has 0 N–H and O–H groups in total. The highest BCUT2D eigenvalue weighted by atomic mass is 35.5. The van der Waals surface area contributed by atoms with Crippen molar-refractivity contribution in [2.75, 3.05) is 13.7 Å². The third-order valence-electron chi connectivity index (χ3n) is 1.98. The van der Waals surface area contributed by atoms with Crippen molar-refractivity contribution < 1.29 is 14.5 Å². The summed E-state index contributed by atoms with van der Waals surface area (Å²) in [5.74, 6) is -0.735. The Balaban J connectivity index is 3.09. The van der Waals surface area contributed by atoms with Gasteiger partial charge in [-0.3, -0.25) is 10.1 Å². The minimum Gasteiger partial charge on any atom is -0.465 e. The number of nitrogens with zero attached hydrogens (tertiary/aromatic N) is 1. The van der Waals surface area contributed by atoms with Crippen molar-refractivity contribution in [3.8, 4) is 0 Å². The number of ether oxygens (including phenoxy) is 1. The molecule has 0 unspecified atom stereocenters. The number of methoxy groups -OCH3 is 1. The molecule has 1 aromatic rings. The molecular formula is C11H10ClNO4. The van der Waals surface area contributed by atoms with Gasteiger partial charge >= 0.3 is 5.97 Å². The number of esters is 1. The Bertz CT molecular complexity index is 470. The molecule has 0 amide bonds. The number of rotatable bonds is 4. The van der Waals surface area contributed by atoms with Gasteiger partial charge in [0.1, 0.15) is 5.57 Å². The van der Waals surface area contributed by atoms with E-state index in [-0.39, 0.29) is 5.57 Å². The van der Waals surface area contributed by atoms with Gasteiger partial charge < -0.3 is 4.74 Å². The lowest BCUT2D eigenvalue weighted by atomic mass is 10.1. The zero-order valence-corrected chi connectivity index (χ0v) is 9.81. The molecule has 0 atom stereocenters. The van der Waals surface area contributed by atoms with Gasteiger partial charge in [-0.15, -0.1) is 0 Å². The Morgan fingerprint density at radius 1 is 1.53 bits per heavy atom. The van der Waals surface area contributed by atoms with Gasteiger partial charge in [0.15, 0.2) is 0 Å². The normalized spacial score (nSPS) is 11.1. The van der Waals surface area contributed by atoms with E-state index in [1.54, 1.807) is 24.3 Å². The van der Waals surface area contributed by atoms with Crippen LogP contribution in [0.2, 0.25) is 5.02 Å². The lowest BCUT2D eigenvalue weighted by Crippen LogP contribution is -2.14. The van der Waals surface area contributed by atoms with Crippen LogP contribution in [-0.4, -0.2) is 24.5 Å². The van der Waals surface area contributed by atoms with Crippen molar-refractivity contribution in [2.45, 2.75) is 0 Å². The molecule has 0 heterocycles. The summed E-state index contributed by atoms with van der Waals surface area (Å²) in [4.78, 5) is 21.2. The Morgan fingerprint density at radius 3 is 2.71 bits per heavy atom. The maximum absolute atomic E-state index is 11.3. The zero-order chi connectivity index (χ0) is 12.8. The first kappa shape index (κ1) is 13.2.